The lowest BCUT2D eigenvalue weighted by molar-refractivity contribution is -0.147. The molecule has 0 aliphatic heterocycles. The van der Waals surface area contributed by atoms with Crippen molar-refractivity contribution in [2.24, 2.45) is 5.73 Å². The molecular formula is C32H46N4O5. The molecule has 41 heavy (non-hydrogen) atoms. The van der Waals surface area contributed by atoms with Crippen LogP contribution in [0.2, 0.25) is 0 Å². The number of benzene rings is 2. The normalized spacial score (nSPS) is 13.1. The van der Waals surface area contributed by atoms with Crippen LogP contribution in [0.15, 0.2) is 36.4 Å². The van der Waals surface area contributed by atoms with Crippen molar-refractivity contribution < 1.29 is 23.9 Å². The largest absolute Gasteiger partial charge is 0.444 e. The Hall–Kier alpha value is -3.88. The molecule has 0 saturated carbocycles. The first-order chi connectivity index (χ1) is 18.8. The van der Waals surface area contributed by atoms with Gasteiger partial charge in [-0.15, -0.1) is 0 Å². The SMILES string of the molecule is Cc1ccc(C(C(=O)Nc2c(C)cccc2C)N(C(=O)C(CCC(N)=O)NC(=O)OC(C)(C)C)C(C)(C)C)cc1C. The van der Waals surface area contributed by atoms with Crippen molar-refractivity contribution in [1.82, 2.24) is 10.2 Å². The lowest BCUT2D eigenvalue weighted by Crippen LogP contribution is -2.58. The minimum absolute atomic E-state index is 0.0574. The van der Waals surface area contributed by atoms with Gasteiger partial charge in [-0.2, -0.15) is 0 Å². The summed E-state index contributed by atoms with van der Waals surface area (Å²) < 4.78 is 5.40. The average molecular weight is 567 g/mol. The summed E-state index contributed by atoms with van der Waals surface area (Å²) in [6, 6.07) is 9.15. The van der Waals surface area contributed by atoms with Crippen molar-refractivity contribution in [3.8, 4) is 0 Å². The molecule has 4 amide bonds. The van der Waals surface area contributed by atoms with Crippen molar-refractivity contribution in [3.05, 3.63) is 64.2 Å². The van der Waals surface area contributed by atoms with Crippen LogP contribution < -0.4 is 16.4 Å². The number of amides is 4. The van der Waals surface area contributed by atoms with E-state index in [-0.39, 0.29) is 12.8 Å². The number of alkyl carbamates (subject to hydrolysis) is 1. The summed E-state index contributed by atoms with van der Waals surface area (Å²) in [5.74, 6) is -1.56. The van der Waals surface area contributed by atoms with E-state index in [4.69, 9.17) is 10.5 Å². The highest BCUT2D eigenvalue weighted by Gasteiger charge is 2.42. The summed E-state index contributed by atoms with van der Waals surface area (Å²) in [7, 11) is 0. The molecule has 0 aromatic heterocycles. The molecule has 4 N–H and O–H groups in total. The van der Waals surface area contributed by atoms with Crippen LogP contribution in [0, 0.1) is 27.7 Å². The van der Waals surface area contributed by atoms with Crippen LogP contribution in [-0.4, -0.2) is 45.9 Å². The zero-order valence-corrected chi connectivity index (χ0v) is 26.1. The fourth-order valence-corrected chi connectivity index (χ4v) is 4.56. The number of rotatable bonds is 9. The molecule has 2 aromatic rings. The number of carbonyl (C=O) groups excluding carboxylic acids is 4. The number of anilines is 1. The summed E-state index contributed by atoms with van der Waals surface area (Å²) in [4.78, 5) is 54.5. The van der Waals surface area contributed by atoms with Gasteiger partial charge in [0.1, 0.15) is 17.7 Å². The minimum atomic E-state index is -1.17. The zero-order chi connectivity index (χ0) is 31.3. The Bertz CT molecular complexity index is 1270. The third kappa shape index (κ3) is 9.33. The molecule has 9 nitrogen and oxygen atoms in total. The lowest BCUT2D eigenvalue weighted by Gasteiger charge is -2.43. The summed E-state index contributed by atoms with van der Waals surface area (Å²) in [6.07, 6.45) is -1.01. The predicted molar refractivity (Wildman–Crippen MR) is 161 cm³/mol. The maximum Gasteiger partial charge on any atom is 0.408 e. The van der Waals surface area contributed by atoms with Gasteiger partial charge in [0.25, 0.3) is 5.91 Å². The van der Waals surface area contributed by atoms with E-state index in [1.54, 1.807) is 20.8 Å². The number of hydrogen-bond donors (Lipinski definition) is 3. The molecule has 2 unspecified atom stereocenters. The second-order valence-electron chi connectivity index (χ2n) is 12.6. The molecule has 0 saturated heterocycles. The molecule has 0 aliphatic rings. The zero-order valence-electron chi connectivity index (χ0n) is 26.1. The number of carbonyl (C=O) groups is 4. The Labute approximate surface area is 244 Å². The second kappa shape index (κ2) is 13.2. The molecule has 2 atom stereocenters. The maximum absolute atomic E-state index is 14.4. The van der Waals surface area contributed by atoms with Crippen LogP contribution in [0.1, 0.15) is 88.2 Å². The van der Waals surface area contributed by atoms with Crippen molar-refractivity contribution >= 4 is 29.5 Å². The molecular weight excluding hydrogens is 520 g/mol. The van der Waals surface area contributed by atoms with E-state index in [0.29, 0.717) is 11.3 Å². The molecule has 0 radical (unpaired) electrons. The highest BCUT2D eigenvalue weighted by molar-refractivity contribution is 6.00. The van der Waals surface area contributed by atoms with Crippen LogP contribution in [0.5, 0.6) is 0 Å². The topological polar surface area (TPSA) is 131 Å². The van der Waals surface area contributed by atoms with E-state index in [2.05, 4.69) is 10.6 Å². The average Bonchev–Trinajstić information content (AvgIpc) is 2.81. The van der Waals surface area contributed by atoms with E-state index >= 15 is 0 Å². The summed E-state index contributed by atoms with van der Waals surface area (Å²) in [5, 5.41) is 5.68. The Morgan fingerprint density at radius 1 is 0.878 bits per heavy atom. The van der Waals surface area contributed by atoms with Gasteiger partial charge in [-0.25, -0.2) is 4.79 Å². The summed E-state index contributed by atoms with van der Waals surface area (Å²) in [5.41, 5.74) is 8.79. The Kier molecular flexibility index (Phi) is 10.7. The third-order valence-electron chi connectivity index (χ3n) is 6.71. The van der Waals surface area contributed by atoms with Gasteiger partial charge >= 0.3 is 6.09 Å². The molecule has 0 heterocycles. The van der Waals surface area contributed by atoms with Gasteiger partial charge in [-0.3, -0.25) is 14.4 Å². The lowest BCUT2D eigenvalue weighted by atomic mass is 9.93. The number of nitrogens with zero attached hydrogens (tertiary/aromatic N) is 1. The van der Waals surface area contributed by atoms with Gasteiger partial charge < -0.3 is 26.0 Å². The molecule has 0 bridgehead atoms. The van der Waals surface area contributed by atoms with Gasteiger partial charge in [0, 0.05) is 17.6 Å². The van der Waals surface area contributed by atoms with Gasteiger partial charge in [0.2, 0.25) is 11.8 Å². The molecule has 2 aromatic carbocycles. The molecule has 0 aliphatic carbocycles. The first-order valence-corrected chi connectivity index (χ1v) is 13.9. The summed E-state index contributed by atoms with van der Waals surface area (Å²) >= 11 is 0. The first-order valence-electron chi connectivity index (χ1n) is 13.9. The highest BCUT2D eigenvalue weighted by atomic mass is 16.6. The third-order valence-corrected chi connectivity index (χ3v) is 6.71. The van der Waals surface area contributed by atoms with Crippen LogP contribution in [0.4, 0.5) is 10.5 Å². The number of para-hydroxylation sites is 1. The molecule has 224 valence electrons. The van der Waals surface area contributed by atoms with Gasteiger partial charge in [-0.05, 0) is 103 Å². The molecule has 2 rings (SSSR count). The van der Waals surface area contributed by atoms with E-state index in [1.807, 2.05) is 84.9 Å². The predicted octanol–water partition coefficient (Wildman–Crippen LogP) is 5.39. The van der Waals surface area contributed by atoms with E-state index in [0.717, 1.165) is 22.3 Å². The number of hydrogen-bond acceptors (Lipinski definition) is 5. The fourth-order valence-electron chi connectivity index (χ4n) is 4.56. The maximum atomic E-state index is 14.4. The molecule has 9 heteroatoms. The van der Waals surface area contributed by atoms with Gasteiger partial charge in [0.05, 0.1) is 0 Å². The molecule has 0 fully saturated rings. The van der Waals surface area contributed by atoms with Crippen molar-refractivity contribution in [2.45, 2.75) is 105 Å². The number of nitrogens with one attached hydrogen (secondary N) is 2. The smallest absolute Gasteiger partial charge is 0.408 e. The quantitative estimate of drug-likeness (QED) is 0.375. The number of ether oxygens (including phenoxy) is 1. The first kappa shape index (κ1) is 33.3. The van der Waals surface area contributed by atoms with E-state index in [1.165, 1.54) is 4.90 Å². The monoisotopic (exact) mass is 566 g/mol. The number of aryl methyl sites for hydroxylation is 4. The van der Waals surface area contributed by atoms with Crippen LogP contribution in [0.25, 0.3) is 0 Å². The van der Waals surface area contributed by atoms with Crippen molar-refractivity contribution in [2.75, 3.05) is 5.32 Å². The van der Waals surface area contributed by atoms with Gasteiger partial charge in [-0.1, -0.05) is 36.4 Å². The second-order valence-corrected chi connectivity index (χ2v) is 12.6. The Morgan fingerprint density at radius 3 is 1.95 bits per heavy atom. The molecule has 0 spiro atoms. The Balaban J connectivity index is 2.68. The number of nitrogens with two attached hydrogens (primary N) is 1. The van der Waals surface area contributed by atoms with Crippen molar-refractivity contribution in [1.29, 1.82) is 0 Å². The van der Waals surface area contributed by atoms with E-state index in [9.17, 15) is 19.2 Å². The van der Waals surface area contributed by atoms with Crippen molar-refractivity contribution in [3.63, 3.8) is 0 Å². The standard InChI is InChI=1S/C32H46N4O5/c1-19-14-15-23(18-22(19)4)27(28(38)35-26-20(2)12-11-13-21(26)3)36(31(5,6)7)29(39)24(16-17-25(33)37)34-30(40)41-32(8,9)10/h11-15,18,24,27H,16-17H2,1-10H3,(H2,33,37)(H,34,40)(H,35,38). The summed E-state index contributed by atoms with van der Waals surface area (Å²) in [6.45, 7) is 18.3. The van der Waals surface area contributed by atoms with Crippen LogP contribution >= 0.6 is 0 Å². The minimum Gasteiger partial charge on any atom is -0.444 e. The van der Waals surface area contributed by atoms with Crippen LogP contribution in [-0.2, 0) is 19.1 Å². The van der Waals surface area contributed by atoms with Gasteiger partial charge in [0.15, 0.2) is 0 Å². The highest BCUT2D eigenvalue weighted by Crippen LogP contribution is 2.33. The Morgan fingerprint density at radius 2 is 1.46 bits per heavy atom. The number of primary amides is 1. The van der Waals surface area contributed by atoms with E-state index < -0.39 is 47.0 Å². The van der Waals surface area contributed by atoms with Crippen LogP contribution in [0.3, 0.4) is 0 Å². The fraction of sp³-hybridized carbons (Fsp3) is 0.500.